The molecule has 0 saturated carbocycles. The quantitative estimate of drug-likeness (QED) is 0.647. The van der Waals surface area contributed by atoms with E-state index in [1.54, 1.807) is 0 Å². The molecule has 2 aromatic rings. The number of thiophene rings is 1. The summed E-state index contributed by atoms with van der Waals surface area (Å²) >= 11 is 7.75. The van der Waals surface area contributed by atoms with Crippen molar-refractivity contribution < 1.29 is 0 Å². The van der Waals surface area contributed by atoms with Crippen LogP contribution in [0.1, 0.15) is 28.3 Å². The molecule has 0 aliphatic heterocycles. The Kier molecular flexibility index (Phi) is 4.78. The third-order valence-corrected chi connectivity index (χ3v) is 4.45. The van der Waals surface area contributed by atoms with Crippen LogP contribution in [0.4, 0.5) is 0 Å². The summed E-state index contributed by atoms with van der Waals surface area (Å²) in [4.78, 5) is 2.77. The van der Waals surface area contributed by atoms with Crippen LogP contribution < -0.4 is 11.3 Å². The molecule has 1 atom stereocenters. The Morgan fingerprint density at radius 3 is 2.39 bits per heavy atom. The van der Waals surface area contributed by atoms with Gasteiger partial charge in [0.2, 0.25) is 0 Å². The molecule has 3 N–H and O–H groups in total. The van der Waals surface area contributed by atoms with Gasteiger partial charge in [-0.3, -0.25) is 11.3 Å². The summed E-state index contributed by atoms with van der Waals surface area (Å²) in [6, 6.07) is 12.3. The first-order valence-corrected chi connectivity index (χ1v) is 7.21. The van der Waals surface area contributed by atoms with Gasteiger partial charge in [0, 0.05) is 21.2 Å². The van der Waals surface area contributed by atoms with Gasteiger partial charge in [0.25, 0.3) is 0 Å². The van der Waals surface area contributed by atoms with Gasteiger partial charge >= 0.3 is 0 Å². The van der Waals surface area contributed by atoms with Gasteiger partial charge in [-0.25, -0.2) is 0 Å². The van der Waals surface area contributed by atoms with Gasteiger partial charge in [-0.2, -0.15) is 0 Å². The molecule has 0 amide bonds. The fraction of sp³-hybridized carbons (Fsp3) is 0.286. The summed E-state index contributed by atoms with van der Waals surface area (Å²) in [5.41, 5.74) is 4.04. The standard InChI is InChI=1S/C14H17ClN2S/c1-2-12-7-8-13(18-12)9-14(17-16)10-3-5-11(15)6-4-10/h3-8,14,17H,2,9,16H2,1H3. The van der Waals surface area contributed by atoms with Crippen molar-refractivity contribution in [2.24, 2.45) is 5.84 Å². The number of halogens is 1. The minimum atomic E-state index is 0.130. The molecular formula is C14H17ClN2S. The molecule has 0 radical (unpaired) electrons. The lowest BCUT2D eigenvalue weighted by Crippen LogP contribution is -2.29. The first-order valence-electron chi connectivity index (χ1n) is 6.02. The molecule has 1 aromatic heterocycles. The van der Waals surface area contributed by atoms with E-state index in [0.29, 0.717) is 0 Å². The van der Waals surface area contributed by atoms with E-state index in [0.717, 1.165) is 23.4 Å². The Labute approximate surface area is 117 Å². The normalized spacial score (nSPS) is 12.6. The molecule has 1 aromatic carbocycles. The minimum Gasteiger partial charge on any atom is -0.271 e. The number of hydrazine groups is 1. The van der Waals surface area contributed by atoms with Crippen LogP contribution in [0.5, 0.6) is 0 Å². The molecule has 4 heteroatoms. The maximum absolute atomic E-state index is 5.89. The molecule has 1 heterocycles. The van der Waals surface area contributed by atoms with Gasteiger partial charge in [0.15, 0.2) is 0 Å². The molecule has 0 saturated heterocycles. The zero-order chi connectivity index (χ0) is 13.0. The molecule has 2 rings (SSSR count). The highest BCUT2D eigenvalue weighted by molar-refractivity contribution is 7.11. The van der Waals surface area contributed by atoms with Gasteiger partial charge in [0.1, 0.15) is 0 Å². The molecule has 18 heavy (non-hydrogen) atoms. The average molecular weight is 281 g/mol. The van der Waals surface area contributed by atoms with Gasteiger partial charge in [0.05, 0.1) is 6.04 Å². The maximum Gasteiger partial charge on any atom is 0.0508 e. The van der Waals surface area contributed by atoms with Crippen LogP contribution in [-0.4, -0.2) is 0 Å². The van der Waals surface area contributed by atoms with E-state index in [2.05, 4.69) is 24.5 Å². The van der Waals surface area contributed by atoms with Gasteiger partial charge in [-0.1, -0.05) is 30.7 Å². The zero-order valence-corrected chi connectivity index (χ0v) is 11.9. The number of rotatable bonds is 5. The minimum absolute atomic E-state index is 0.130. The Hall–Kier alpha value is -0.870. The summed E-state index contributed by atoms with van der Waals surface area (Å²) in [6.07, 6.45) is 2.00. The summed E-state index contributed by atoms with van der Waals surface area (Å²) in [5, 5.41) is 0.749. The van der Waals surface area contributed by atoms with Crippen molar-refractivity contribution >= 4 is 22.9 Å². The molecule has 96 valence electrons. The van der Waals surface area contributed by atoms with Crippen molar-refractivity contribution in [3.8, 4) is 0 Å². The fourth-order valence-corrected chi connectivity index (χ4v) is 3.02. The highest BCUT2D eigenvalue weighted by atomic mass is 35.5. The third-order valence-electron chi connectivity index (χ3n) is 2.94. The van der Waals surface area contributed by atoms with Crippen LogP contribution >= 0.6 is 22.9 Å². The third kappa shape index (κ3) is 3.33. The predicted octanol–water partition coefficient (Wildman–Crippen LogP) is 3.71. The van der Waals surface area contributed by atoms with Crippen LogP contribution in [0.3, 0.4) is 0 Å². The molecule has 0 aliphatic carbocycles. The second-order valence-electron chi connectivity index (χ2n) is 4.20. The van der Waals surface area contributed by atoms with Crippen molar-refractivity contribution in [1.29, 1.82) is 0 Å². The van der Waals surface area contributed by atoms with Gasteiger partial charge in [-0.15, -0.1) is 11.3 Å². The van der Waals surface area contributed by atoms with Crippen molar-refractivity contribution in [2.75, 3.05) is 0 Å². The molecule has 1 unspecified atom stereocenters. The van der Waals surface area contributed by atoms with Crippen molar-refractivity contribution in [2.45, 2.75) is 25.8 Å². The van der Waals surface area contributed by atoms with E-state index >= 15 is 0 Å². The van der Waals surface area contributed by atoms with Gasteiger partial charge in [-0.05, 0) is 36.2 Å². The van der Waals surface area contributed by atoms with Crippen molar-refractivity contribution in [3.05, 3.63) is 56.7 Å². The molecule has 0 fully saturated rings. The molecular weight excluding hydrogens is 264 g/mol. The smallest absolute Gasteiger partial charge is 0.0508 e. The van der Waals surface area contributed by atoms with Crippen LogP contribution in [0.15, 0.2) is 36.4 Å². The summed E-state index contributed by atoms with van der Waals surface area (Å²) in [5.74, 6) is 5.65. The number of nitrogens with two attached hydrogens (primary N) is 1. The first kappa shape index (κ1) is 13.6. The zero-order valence-electron chi connectivity index (χ0n) is 10.3. The molecule has 0 aliphatic rings. The van der Waals surface area contributed by atoms with Crippen molar-refractivity contribution in [1.82, 2.24) is 5.43 Å². The number of benzene rings is 1. The van der Waals surface area contributed by atoms with E-state index < -0.39 is 0 Å². The predicted molar refractivity (Wildman–Crippen MR) is 78.9 cm³/mol. The summed E-state index contributed by atoms with van der Waals surface area (Å²) in [6.45, 7) is 2.17. The lowest BCUT2D eigenvalue weighted by molar-refractivity contribution is 0.555. The SMILES string of the molecule is CCc1ccc(CC(NN)c2ccc(Cl)cc2)s1. The maximum atomic E-state index is 5.89. The molecule has 2 nitrogen and oxygen atoms in total. The second-order valence-corrected chi connectivity index (χ2v) is 5.89. The van der Waals surface area contributed by atoms with E-state index in [4.69, 9.17) is 17.4 Å². The van der Waals surface area contributed by atoms with Crippen LogP contribution in [0.2, 0.25) is 5.02 Å². The Balaban J connectivity index is 2.11. The van der Waals surface area contributed by atoms with Crippen LogP contribution in [0.25, 0.3) is 0 Å². The second kappa shape index (κ2) is 6.34. The highest BCUT2D eigenvalue weighted by Gasteiger charge is 2.11. The molecule has 0 spiro atoms. The van der Waals surface area contributed by atoms with E-state index in [1.807, 2.05) is 35.6 Å². The lowest BCUT2D eigenvalue weighted by atomic mass is 10.0. The van der Waals surface area contributed by atoms with Gasteiger partial charge < -0.3 is 0 Å². The number of hydrogen-bond donors (Lipinski definition) is 2. The monoisotopic (exact) mass is 280 g/mol. The van der Waals surface area contributed by atoms with Crippen LogP contribution in [-0.2, 0) is 12.8 Å². The summed E-state index contributed by atoms with van der Waals surface area (Å²) in [7, 11) is 0. The topological polar surface area (TPSA) is 38.0 Å². The van der Waals surface area contributed by atoms with E-state index in [9.17, 15) is 0 Å². The van der Waals surface area contributed by atoms with Crippen LogP contribution in [0, 0.1) is 0 Å². The largest absolute Gasteiger partial charge is 0.271 e. The Morgan fingerprint density at radius 1 is 1.17 bits per heavy atom. The molecule has 0 bridgehead atoms. The Morgan fingerprint density at radius 2 is 1.83 bits per heavy atom. The number of aryl methyl sites for hydroxylation is 1. The highest BCUT2D eigenvalue weighted by Crippen LogP contribution is 2.24. The Bertz CT molecular complexity index is 493. The van der Waals surface area contributed by atoms with E-state index in [-0.39, 0.29) is 6.04 Å². The number of nitrogens with one attached hydrogen (secondary N) is 1. The summed E-state index contributed by atoms with van der Waals surface area (Å²) < 4.78 is 0. The number of hydrogen-bond acceptors (Lipinski definition) is 3. The van der Waals surface area contributed by atoms with Crippen molar-refractivity contribution in [3.63, 3.8) is 0 Å². The lowest BCUT2D eigenvalue weighted by Gasteiger charge is -2.15. The average Bonchev–Trinajstić information content (AvgIpc) is 2.85. The first-order chi connectivity index (χ1) is 8.72. The fourth-order valence-electron chi connectivity index (χ4n) is 1.89. The van der Waals surface area contributed by atoms with E-state index in [1.165, 1.54) is 9.75 Å².